The monoisotopic (exact) mass is 464 g/mol. The summed E-state index contributed by atoms with van der Waals surface area (Å²) in [5.74, 6) is -6.15. The second kappa shape index (κ2) is 13.4. The summed E-state index contributed by atoms with van der Waals surface area (Å²) in [6.45, 7) is 1.18. The average Bonchev–Trinajstić information content (AvgIpc) is 2.65. The molecule has 0 heterocycles. The first-order valence-corrected chi connectivity index (χ1v) is 9.68. The first-order valence-electron chi connectivity index (χ1n) is 9.05. The van der Waals surface area contributed by atoms with Crippen LogP contribution in [0.25, 0.3) is 0 Å². The van der Waals surface area contributed by atoms with E-state index in [0.717, 1.165) is 0 Å². The van der Waals surface area contributed by atoms with Crippen molar-refractivity contribution in [2.45, 2.75) is 56.5 Å². The first kappa shape index (κ1) is 28.1. The molecule has 0 aromatic heterocycles. The molecule has 0 aromatic carbocycles. The van der Waals surface area contributed by atoms with E-state index in [1.807, 2.05) is 0 Å². The van der Waals surface area contributed by atoms with E-state index < -0.39 is 72.2 Å². The molecule has 5 amide bonds. The number of primary amides is 2. The van der Waals surface area contributed by atoms with Gasteiger partial charge in [0.05, 0.1) is 18.6 Å². The highest BCUT2D eigenvalue weighted by Crippen LogP contribution is 2.02. The van der Waals surface area contributed by atoms with Crippen molar-refractivity contribution in [3.8, 4) is 0 Å². The fourth-order valence-corrected chi connectivity index (χ4v) is 2.50. The molecule has 0 aliphatic rings. The van der Waals surface area contributed by atoms with Crippen molar-refractivity contribution in [2.24, 2.45) is 17.2 Å². The van der Waals surface area contributed by atoms with E-state index in [1.165, 1.54) is 6.92 Å². The normalized spacial score (nSPS) is 15.5. The van der Waals surface area contributed by atoms with Gasteiger partial charge in [0.1, 0.15) is 18.1 Å². The maximum absolute atomic E-state index is 12.5. The molecule has 0 rings (SSSR count). The maximum Gasteiger partial charge on any atom is 0.326 e. The molecule has 0 saturated carbocycles. The number of hydrogen-bond donors (Lipinski definition) is 9. The fourth-order valence-electron chi connectivity index (χ4n) is 2.25. The Labute approximate surface area is 183 Å². The Morgan fingerprint density at radius 2 is 1.45 bits per heavy atom. The second-order valence-electron chi connectivity index (χ2n) is 6.65. The van der Waals surface area contributed by atoms with Crippen molar-refractivity contribution in [1.82, 2.24) is 16.0 Å². The lowest BCUT2D eigenvalue weighted by atomic mass is 10.1. The summed E-state index contributed by atoms with van der Waals surface area (Å²) < 4.78 is 0. The van der Waals surface area contributed by atoms with Gasteiger partial charge in [-0.05, 0) is 13.3 Å². The highest BCUT2D eigenvalue weighted by atomic mass is 32.1. The van der Waals surface area contributed by atoms with E-state index in [2.05, 4.69) is 28.6 Å². The van der Waals surface area contributed by atoms with Gasteiger partial charge in [0, 0.05) is 12.2 Å². The number of amides is 5. The molecule has 31 heavy (non-hydrogen) atoms. The minimum atomic E-state index is -1.55. The Morgan fingerprint density at radius 1 is 0.903 bits per heavy atom. The molecule has 15 heteroatoms. The van der Waals surface area contributed by atoms with Gasteiger partial charge >= 0.3 is 5.97 Å². The van der Waals surface area contributed by atoms with Gasteiger partial charge in [-0.25, -0.2) is 4.79 Å². The van der Waals surface area contributed by atoms with E-state index in [9.17, 15) is 33.9 Å². The Bertz CT molecular complexity index is 704. The second-order valence-corrected chi connectivity index (χ2v) is 7.02. The number of hydrogen-bond acceptors (Lipinski definition) is 9. The minimum absolute atomic E-state index is 0.263. The number of aliphatic carboxylic acids is 1. The third-order valence-corrected chi connectivity index (χ3v) is 4.30. The summed E-state index contributed by atoms with van der Waals surface area (Å²) in [4.78, 5) is 69.7. The zero-order valence-electron chi connectivity index (χ0n) is 16.7. The molecule has 14 nitrogen and oxygen atoms in total. The van der Waals surface area contributed by atoms with Gasteiger partial charge in [-0.1, -0.05) is 0 Å². The number of nitrogens with two attached hydrogens (primary N) is 3. The quantitative estimate of drug-likeness (QED) is 0.112. The number of carbonyl (C=O) groups excluding carboxylic acids is 5. The van der Waals surface area contributed by atoms with E-state index >= 15 is 0 Å². The van der Waals surface area contributed by atoms with Gasteiger partial charge in [0.25, 0.3) is 0 Å². The van der Waals surface area contributed by atoms with Crippen LogP contribution in [-0.2, 0) is 28.8 Å². The van der Waals surface area contributed by atoms with Gasteiger partial charge in [0.15, 0.2) is 0 Å². The Balaban J connectivity index is 5.17. The Kier molecular flexibility index (Phi) is 12.1. The smallest absolute Gasteiger partial charge is 0.326 e. The first-order chi connectivity index (χ1) is 14.3. The number of thiol groups is 1. The van der Waals surface area contributed by atoms with Gasteiger partial charge < -0.3 is 43.4 Å². The van der Waals surface area contributed by atoms with Gasteiger partial charge in [-0.15, -0.1) is 0 Å². The molecular formula is C16H28N6O8S. The van der Waals surface area contributed by atoms with Crippen LogP contribution >= 0.6 is 12.6 Å². The van der Waals surface area contributed by atoms with Crippen molar-refractivity contribution >= 4 is 48.1 Å². The topological polar surface area (TPSA) is 257 Å². The number of aliphatic hydroxyl groups excluding tert-OH is 1. The number of carboxylic acid groups (broad SMARTS) is 1. The molecule has 0 spiro atoms. The standard InChI is InChI=1S/C16H28N6O8S/c1-6(23)12(22-13(26)7(17)4-11(19)25)15(28)21-9(5-31)14(27)20-8(16(29)30)2-3-10(18)24/h6-9,12,23,31H,2-5,17H2,1H3,(H2,18,24)(H2,19,25)(H,20,27)(H,21,28)(H,22,26)(H,29,30). The molecule has 0 aliphatic heterocycles. The number of rotatable bonds is 14. The number of aliphatic hydroxyl groups is 1. The van der Waals surface area contributed by atoms with Crippen LogP contribution in [0.15, 0.2) is 0 Å². The van der Waals surface area contributed by atoms with Crippen LogP contribution < -0.4 is 33.2 Å². The summed E-state index contributed by atoms with van der Waals surface area (Å²) in [6, 6.07) is -5.70. The molecule has 5 unspecified atom stereocenters. The van der Waals surface area contributed by atoms with Crippen LogP contribution in [0.2, 0.25) is 0 Å². The Morgan fingerprint density at radius 3 is 1.87 bits per heavy atom. The van der Waals surface area contributed by atoms with Crippen molar-refractivity contribution in [3.63, 3.8) is 0 Å². The van der Waals surface area contributed by atoms with Crippen LogP contribution in [-0.4, -0.2) is 81.7 Å². The van der Waals surface area contributed by atoms with Crippen molar-refractivity contribution in [1.29, 1.82) is 0 Å². The van der Waals surface area contributed by atoms with Crippen LogP contribution in [0.3, 0.4) is 0 Å². The van der Waals surface area contributed by atoms with E-state index in [-0.39, 0.29) is 18.6 Å². The average molecular weight is 465 g/mol. The van der Waals surface area contributed by atoms with Crippen LogP contribution in [0, 0.1) is 0 Å². The summed E-state index contributed by atoms with van der Waals surface area (Å²) in [6.07, 6.45) is -2.48. The van der Waals surface area contributed by atoms with E-state index in [0.29, 0.717) is 0 Å². The van der Waals surface area contributed by atoms with E-state index in [1.54, 1.807) is 0 Å². The lowest BCUT2D eigenvalue weighted by Gasteiger charge is -2.25. The fraction of sp³-hybridized carbons (Fsp3) is 0.625. The zero-order chi connectivity index (χ0) is 24.3. The molecular weight excluding hydrogens is 436 g/mol. The van der Waals surface area contributed by atoms with Crippen LogP contribution in [0.5, 0.6) is 0 Å². The van der Waals surface area contributed by atoms with Gasteiger partial charge in [-0.2, -0.15) is 12.6 Å². The minimum Gasteiger partial charge on any atom is -0.480 e. The Hall–Kier alpha value is -2.91. The highest BCUT2D eigenvalue weighted by Gasteiger charge is 2.32. The lowest BCUT2D eigenvalue weighted by Crippen LogP contribution is -2.60. The summed E-state index contributed by atoms with van der Waals surface area (Å²) in [7, 11) is 0. The number of carbonyl (C=O) groups is 6. The molecule has 0 saturated heterocycles. The predicted molar refractivity (Wildman–Crippen MR) is 109 cm³/mol. The zero-order valence-corrected chi connectivity index (χ0v) is 17.6. The van der Waals surface area contributed by atoms with Crippen LogP contribution in [0.1, 0.15) is 26.2 Å². The van der Waals surface area contributed by atoms with Crippen molar-refractivity contribution in [3.05, 3.63) is 0 Å². The molecule has 0 aromatic rings. The molecule has 11 N–H and O–H groups in total. The van der Waals surface area contributed by atoms with Crippen LogP contribution in [0.4, 0.5) is 0 Å². The van der Waals surface area contributed by atoms with Gasteiger partial charge in [0.2, 0.25) is 29.5 Å². The number of carboxylic acids is 1. The number of nitrogens with one attached hydrogen (secondary N) is 3. The van der Waals surface area contributed by atoms with Crippen molar-refractivity contribution in [2.75, 3.05) is 5.75 Å². The molecule has 0 aliphatic carbocycles. The third-order valence-electron chi connectivity index (χ3n) is 3.93. The summed E-state index contributed by atoms with van der Waals surface area (Å²) in [5.41, 5.74) is 15.4. The van der Waals surface area contributed by atoms with Gasteiger partial charge in [-0.3, -0.25) is 24.0 Å². The predicted octanol–water partition coefficient (Wildman–Crippen LogP) is -4.70. The van der Waals surface area contributed by atoms with E-state index in [4.69, 9.17) is 22.3 Å². The molecule has 0 radical (unpaired) electrons. The summed E-state index contributed by atoms with van der Waals surface area (Å²) in [5, 5.41) is 25.5. The molecule has 5 atom stereocenters. The largest absolute Gasteiger partial charge is 0.480 e. The molecule has 0 bridgehead atoms. The molecule has 176 valence electrons. The lowest BCUT2D eigenvalue weighted by molar-refractivity contribution is -0.142. The maximum atomic E-state index is 12.5. The molecule has 0 fully saturated rings. The summed E-state index contributed by atoms with van der Waals surface area (Å²) >= 11 is 3.93. The third kappa shape index (κ3) is 10.6. The van der Waals surface area contributed by atoms with Crippen molar-refractivity contribution < 1.29 is 39.0 Å². The SMILES string of the molecule is CC(O)C(NC(=O)C(N)CC(N)=O)C(=O)NC(CS)C(=O)NC(CCC(N)=O)C(=O)O. The highest BCUT2D eigenvalue weighted by molar-refractivity contribution is 7.80.